The summed E-state index contributed by atoms with van der Waals surface area (Å²) < 4.78 is 0. The van der Waals surface area contributed by atoms with Crippen LogP contribution in [0.15, 0.2) is 29.3 Å². The molecule has 0 bridgehead atoms. The van der Waals surface area contributed by atoms with Crippen molar-refractivity contribution in [1.82, 2.24) is 16.0 Å². The second-order valence-electron chi connectivity index (χ2n) is 5.92. The minimum absolute atomic E-state index is 0. The third kappa shape index (κ3) is 7.51. The van der Waals surface area contributed by atoms with Gasteiger partial charge in [-0.25, -0.2) is 0 Å². The molecule has 0 saturated heterocycles. The van der Waals surface area contributed by atoms with Gasteiger partial charge in [0.2, 0.25) is 5.91 Å². The molecule has 1 aliphatic rings. The summed E-state index contributed by atoms with van der Waals surface area (Å²) in [4.78, 5) is 15.8. The van der Waals surface area contributed by atoms with Crippen LogP contribution in [0.25, 0.3) is 0 Å². The average Bonchev–Trinajstić information content (AvgIpc) is 3.38. The number of carbonyl (C=O) groups is 1. The molecular formula is C18H29IN4O. The van der Waals surface area contributed by atoms with Crippen molar-refractivity contribution < 1.29 is 4.79 Å². The van der Waals surface area contributed by atoms with Crippen LogP contribution in [-0.4, -0.2) is 31.5 Å². The first-order valence-corrected chi connectivity index (χ1v) is 8.53. The monoisotopic (exact) mass is 444 g/mol. The van der Waals surface area contributed by atoms with Crippen LogP contribution < -0.4 is 16.0 Å². The Morgan fingerprint density at radius 1 is 1.21 bits per heavy atom. The number of rotatable bonds is 8. The van der Waals surface area contributed by atoms with Gasteiger partial charge in [-0.3, -0.25) is 9.79 Å². The Morgan fingerprint density at radius 2 is 1.92 bits per heavy atom. The number of amides is 1. The summed E-state index contributed by atoms with van der Waals surface area (Å²) >= 11 is 0. The molecule has 1 saturated carbocycles. The van der Waals surface area contributed by atoms with Crippen LogP contribution in [0.1, 0.15) is 43.7 Å². The standard InChI is InChI=1S/C18H28N4O.HI/c1-3-14-7-4-5-8-15(14)13-21-18(19-2)20-12-6-9-17(23)22-16-10-11-16;/h4-5,7-8,16H,3,6,9-13H2,1-2H3,(H,22,23)(H2,19,20,21);1H. The van der Waals surface area contributed by atoms with Crippen LogP contribution in [0.4, 0.5) is 0 Å². The molecule has 5 nitrogen and oxygen atoms in total. The lowest BCUT2D eigenvalue weighted by molar-refractivity contribution is -0.121. The number of aryl methyl sites for hydroxylation is 1. The highest BCUT2D eigenvalue weighted by Crippen LogP contribution is 2.18. The summed E-state index contributed by atoms with van der Waals surface area (Å²) in [5, 5.41) is 9.59. The normalized spacial score (nSPS) is 13.8. The zero-order valence-corrected chi connectivity index (χ0v) is 16.9. The van der Waals surface area contributed by atoms with Gasteiger partial charge in [0.05, 0.1) is 0 Å². The van der Waals surface area contributed by atoms with Crippen molar-refractivity contribution in [2.45, 2.75) is 51.6 Å². The Morgan fingerprint density at radius 3 is 2.54 bits per heavy atom. The number of benzene rings is 1. The third-order valence-electron chi connectivity index (χ3n) is 3.98. The second-order valence-corrected chi connectivity index (χ2v) is 5.92. The average molecular weight is 444 g/mol. The number of hydrogen-bond donors (Lipinski definition) is 3. The molecule has 0 aromatic heterocycles. The summed E-state index contributed by atoms with van der Waals surface area (Å²) in [7, 11) is 1.76. The molecule has 1 aromatic carbocycles. The minimum Gasteiger partial charge on any atom is -0.356 e. The van der Waals surface area contributed by atoms with Crippen molar-refractivity contribution in [2.24, 2.45) is 4.99 Å². The molecule has 1 aromatic rings. The number of halogens is 1. The number of nitrogens with zero attached hydrogens (tertiary/aromatic N) is 1. The van der Waals surface area contributed by atoms with E-state index in [1.807, 2.05) is 0 Å². The maximum Gasteiger partial charge on any atom is 0.220 e. The first kappa shape index (κ1) is 20.7. The lowest BCUT2D eigenvalue weighted by atomic mass is 10.1. The Labute approximate surface area is 162 Å². The van der Waals surface area contributed by atoms with E-state index in [0.717, 1.165) is 44.7 Å². The Bertz CT molecular complexity index is 544. The lowest BCUT2D eigenvalue weighted by Crippen LogP contribution is -2.38. The highest BCUT2D eigenvalue weighted by molar-refractivity contribution is 14.0. The summed E-state index contributed by atoms with van der Waals surface area (Å²) in [5.41, 5.74) is 2.65. The van der Waals surface area contributed by atoms with E-state index in [9.17, 15) is 4.79 Å². The highest BCUT2D eigenvalue weighted by Gasteiger charge is 2.22. The Balaban J connectivity index is 0.00000288. The lowest BCUT2D eigenvalue weighted by Gasteiger charge is -2.13. The molecule has 0 heterocycles. The summed E-state index contributed by atoms with van der Waals surface area (Å²) in [5.74, 6) is 0.938. The minimum atomic E-state index is 0. The molecule has 0 unspecified atom stereocenters. The molecule has 2 rings (SSSR count). The molecular weight excluding hydrogens is 415 g/mol. The van der Waals surface area contributed by atoms with Gasteiger partial charge in [-0.15, -0.1) is 24.0 Å². The van der Waals surface area contributed by atoms with Gasteiger partial charge < -0.3 is 16.0 Å². The van der Waals surface area contributed by atoms with Gasteiger partial charge in [0.25, 0.3) is 0 Å². The Hall–Kier alpha value is -1.31. The fourth-order valence-corrected chi connectivity index (χ4v) is 2.46. The predicted molar refractivity (Wildman–Crippen MR) is 110 cm³/mol. The molecule has 3 N–H and O–H groups in total. The molecule has 0 spiro atoms. The molecule has 1 fully saturated rings. The number of hydrogen-bond acceptors (Lipinski definition) is 2. The van der Waals surface area contributed by atoms with E-state index >= 15 is 0 Å². The van der Waals surface area contributed by atoms with Gasteiger partial charge >= 0.3 is 0 Å². The van der Waals surface area contributed by atoms with Crippen molar-refractivity contribution in [1.29, 1.82) is 0 Å². The highest BCUT2D eigenvalue weighted by atomic mass is 127. The summed E-state index contributed by atoms with van der Waals surface area (Å²) in [6.07, 6.45) is 4.68. The van der Waals surface area contributed by atoms with E-state index in [1.54, 1.807) is 7.05 Å². The third-order valence-corrected chi connectivity index (χ3v) is 3.98. The van der Waals surface area contributed by atoms with Crippen LogP contribution >= 0.6 is 24.0 Å². The first-order valence-electron chi connectivity index (χ1n) is 8.53. The second kappa shape index (κ2) is 11.3. The summed E-state index contributed by atoms with van der Waals surface area (Å²) in [6, 6.07) is 8.88. The van der Waals surface area contributed by atoms with E-state index in [-0.39, 0.29) is 29.9 Å². The topological polar surface area (TPSA) is 65.5 Å². The van der Waals surface area contributed by atoms with Crippen molar-refractivity contribution in [2.75, 3.05) is 13.6 Å². The van der Waals surface area contributed by atoms with Crippen LogP contribution in [0.5, 0.6) is 0 Å². The van der Waals surface area contributed by atoms with E-state index < -0.39 is 0 Å². The largest absolute Gasteiger partial charge is 0.356 e. The van der Waals surface area contributed by atoms with E-state index in [1.165, 1.54) is 11.1 Å². The molecule has 6 heteroatoms. The van der Waals surface area contributed by atoms with Crippen LogP contribution in [-0.2, 0) is 17.8 Å². The maximum atomic E-state index is 11.6. The number of carbonyl (C=O) groups excluding carboxylic acids is 1. The number of aliphatic imine (C=N–C) groups is 1. The molecule has 0 atom stereocenters. The summed E-state index contributed by atoms with van der Waals surface area (Å²) in [6.45, 7) is 3.66. The fraction of sp³-hybridized carbons (Fsp3) is 0.556. The van der Waals surface area contributed by atoms with Crippen molar-refractivity contribution in [3.63, 3.8) is 0 Å². The van der Waals surface area contributed by atoms with E-state index in [2.05, 4.69) is 52.1 Å². The van der Waals surface area contributed by atoms with Gasteiger partial charge in [-0.05, 0) is 36.8 Å². The smallest absolute Gasteiger partial charge is 0.220 e. The zero-order valence-electron chi connectivity index (χ0n) is 14.6. The van der Waals surface area contributed by atoms with Gasteiger partial charge in [0, 0.05) is 32.6 Å². The Kier molecular flexibility index (Phi) is 9.75. The van der Waals surface area contributed by atoms with Gasteiger partial charge in [0.1, 0.15) is 0 Å². The molecule has 134 valence electrons. The molecule has 0 aliphatic heterocycles. The van der Waals surface area contributed by atoms with E-state index in [0.29, 0.717) is 12.5 Å². The molecule has 1 amide bonds. The van der Waals surface area contributed by atoms with Gasteiger partial charge in [-0.1, -0.05) is 31.2 Å². The van der Waals surface area contributed by atoms with Crippen molar-refractivity contribution in [3.8, 4) is 0 Å². The van der Waals surface area contributed by atoms with Gasteiger partial charge in [0.15, 0.2) is 5.96 Å². The molecule has 24 heavy (non-hydrogen) atoms. The SMILES string of the molecule is CCc1ccccc1CNC(=NC)NCCCC(=O)NC1CC1.I. The zero-order chi connectivity index (χ0) is 16.5. The van der Waals surface area contributed by atoms with Crippen LogP contribution in [0.2, 0.25) is 0 Å². The van der Waals surface area contributed by atoms with Crippen LogP contribution in [0, 0.1) is 0 Å². The quantitative estimate of drug-likeness (QED) is 0.250. The first-order chi connectivity index (χ1) is 11.2. The number of nitrogens with one attached hydrogen (secondary N) is 3. The molecule has 0 radical (unpaired) electrons. The van der Waals surface area contributed by atoms with E-state index in [4.69, 9.17) is 0 Å². The fourth-order valence-electron chi connectivity index (χ4n) is 2.46. The van der Waals surface area contributed by atoms with Crippen molar-refractivity contribution >= 4 is 35.8 Å². The van der Waals surface area contributed by atoms with Crippen molar-refractivity contribution in [3.05, 3.63) is 35.4 Å². The maximum absolute atomic E-state index is 11.6. The number of guanidine groups is 1. The predicted octanol–water partition coefficient (Wildman–Crippen LogP) is 2.59. The van der Waals surface area contributed by atoms with Gasteiger partial charge in [-0.2, -0.15) is 0 Å². The molecule has 1 aliphatic carbocycles. The van der Waals surface area contributed by atoms with Crippen LogP contribution in [0.3, 0.4) is 0 Å².